The lowest BCUT2D eigenvalue weighted by molar-refractivity contribution is -0.141. The molecule has 1 aromatic heterocycles. The van der Waals surface area contributed by atoms with Gasteiger partial charge in [-0.25, -0.2) is 0 Å². The minimum absolute atomic E-state index is 0.169. The van der Waals surface area contributed by atoms with Crippen LogP contribution in [0, 0.1) is 3.57 Å². The molecule has 1 aromatic rings. The summed E-state index contributed by atoms with van der Waals surface area (Å²) in [5.74, 6) is 0. The van der Waals surface area contributed by atoms with Crippen LogP contribution in [0.4, 0.5) is 13.2 Å². The molecule has 0 aliphatic heterocycles. The van der Waals surface area contributed by atoms with Crippen molar-refractivity contribution in [1.29, 1.82) is 0 Å². The first kappa shape index (κ1) is 9.82. The van der Waals surface area contributed by atoms with Gasteiger partial charge in [-0.3, -0.25) is 5.10 Å². The summed E-state index contributed by atoms with van der Waals surface area (Å²) < 4.78 is 36.5. The van der Waals surface area contributed by atoms with Gasteiger partial charge in [-0.2, -0.15) is 18.3 Å². The highest BCUT2D eigenvalue weighted by atomic mass is 127. The zero-order valence-corrected chi connectivity index (χ0v) is 8.32. The second-order valence-electron chi connectivity index (χ2n) is 2.22. The van der Waals surface area contributed by atoms with Crippen LogP contribution in [0.25, 0.3) is 0 Å². The molecule has 0 aliphatic rings. The smallest absolute Gasteiger partial charge is 0.281 e. The number of hydrogen-bond acceptors (Lipinski definition) is 1. The number of hydrogen-bond donors (Lipinski definition) is 1. The molecule has 0 radical (unpaired) electrons. The molecule has 6 heteroatoms. The van der Waals surface area contributed by atoms with E-state index < -0.39 is 11.9 Å². The highest BCUT2D eigenvalue weighted by Gasteiger charge is 2.36. The average molecular weight is 290 g/mol. The zero-order chi connectivity index (χ0) is 9.35. The Morgan fingerprint density at radius 1 is 1.50 bits per heavy atom. The summed E-state index contributed by atoms with van der Waals surface area (Å²) in [5.41, 5.74) is -0.289. The van der Waals surface area contributed by atoms with Gasteiger partial charge in [-0.1, -0.05) is 6.92 Å². The van der Waals surface area contributed by atoms with Crippen molar-refractivity contribution in [3.63, 3.8) is 0 Å². The van der Waals surface area contributed by atoms with Gasteiger partial charge >= 0.3 is 6.18 Å². The molecular weight excluding hydrogens is 284 g/mol. The number of nitrogens with one attached hydrogen (secondary N) is 1. The monoisotopic (exact) mass is 290 g/mol. The van der Waals surface area contributed by atoms with Crippen molar-refractivity contribution in [2.24, 2.45) is 0 Å². The molecule has 2 nitrogen and oxygen atoms in total. The number of aromatic amines is 1. The minimum Gasteiger partial charge on any atom is -0.281 e. The highest BCUT2D eigenvalue weighted by Crippen LogP contribution is 2.32. The maximum atomic E-state index is 12.1. The molecule has 1 N–H and O–H groups in total. The molecule has 0 fully saturated rings. The van der Waals surface area contributed by atoms with Crippen LogP contribution in [0.15, 0.2) is 0 Å². The van der Waals surface area contributed by atoms with Crippen molar-refractivity contribution in [3.8, 4) is 0 Å². The van der Waals surface area contributed by atoms with Gasteiger partial charge in [0.1, 0.15) is 0 Å². The van der Waals surface area contributed by atoms with Gasteiger partial charge in [0.05, 0.1) is 3.57 Å². The topological polar surface area (TPSA) is 28.7 Å². The lowest BCUT2D eigenvalue weighted by Gasteiger charge is -2.01. The first-order valence-corrected chi connectivity index (χ1v) is 4.34. The molecule has 68 valence electrons. The van der Waals surface area contributed by atoms with E-state index in [0.717, 1.165) is 0 Å². The van der Waals surface area contributed by atoms with E-state index in [1.165, 1.54) is 0 Å². The molecule has 0 amide bonds. The lowest BCUT2D eigenvalue weighted by atomic mass is 10.3. The van der Waals surface area contributed by atoms with Crippen LogP contribution in [-0.4, -0.2) is 10.2 Å². The van der Waals surface area contributed by atoms with Crippen LogP contribution >= 0.6 is 22.6 Å². The summed E-state index contributed by atoms with van der Waals surface area (Å²) in [5, 5.41) is 5.55. The predicted molar refractivity (Wildman–Crippen MR) is 45.7 cm³/mol. The number of halogens is 4. The maximum Gasteiger partial charge on any atom is 0.436 e. The van der Waals surface area contributed by atoms with Crippen molar-refractivity contribution < 1.29 is 13.2 Å². The number of alkyl halides is 3. The summed E-state index contributed by atoms with van der Waals surface area (Å²) in [6.45, 7) is 1.77. The second kappa shape index (κ2) is 3.23. The Bertz CT molecular complexity index is 279. The van der Waals surface area contributed by atoms with E-state index in [2.05, 4.69) is 10.2 Å². The number of H-pyrrole nitrogens is 1. The third-order valence-corrected chi connectivity index (χ3v) is 2.56. The van der Waals surface area contributed by atoms with Gasteiger partial charge in [0, 0.05) is 5.69 Å². The van der Waals surface area contributed by atoms with Crippen LogP contribution in [-0.2, 0) is 12.6 Å². The summed E-state index contributed by atoms with van der Waals surface area (Å²) in [6, 6.07) is 0. The van der Waals surface area contributed by atoms with Crippen molar-refractivity contribution in [2.75, 3.05) is 0 Å². The van der Waals surface area contributed by atoms with Gasteiger partial charge in [0.25, 0.3) is 0 Å². The molecule has 0 spiro atoms. The highest BCUT2D eigenvalue weighted by molar-refractivity contribution is 14.1. The van der Waals surface area contributed by atoms with Crippen LogP contribution in [0.1, 0.15) is 18.3 Å². The van der Waals surface area contributed by atoms with E-state index in [1.807, 2.05) is 0 Å². The van der Waals surface area contributed by atoms with Gasteiger partial charge in [-0.05, 0) is 29.0 Å². The predicted octanol–water partition coefficient (Wildman–Crippen LogP) is 2.60. The lowest BCUT2D eigenvalue weighted by Crippen LogP contribution is -2.07. The molecule has 0 saturated heterocycles. The van der Waals surface area contributed by atoms with Crippen molar-refractivity contribution in [1.82, 2.24) is 10.2 Å². The standard InChI is InChI=1S/C6H6F3IN2/c1-2-3-4(10)5(12-11-3)6(7,8)9/h2H2,1H3,(H,11,12). The van der Waals surface area contributed by atoms with E-state index >= 15 is 0 Å². The van der Waals surface area contributed by atoms with Crippen molar-refractivity contribution >= 4 is 22.6 Å². The average Bonchev–Trinajstić information content (AvgIpc) is 2.29. The van der Waals surface area contributed by atoms with Crippen LogP contribution in [0.5, 0.6) is 0 Å². The third-order valence-electron chi connectivity index (χ3n) is 1.40. The molecular formula is C6H6F3IN2. The summed E-state index contributed by atoms with van der Waals surface area (Å²) in [4.78, 5) is 0. The quantitative estimate of drug-likeness (QED) is 0.791. The molecule has 0 saturated carbocycles. The summed E-state index contributed by atoms with van der Waals surface area (Å²) >= 11 is 1.65. The molecule has 0 aromatic carbocycles. The van der Waals surface area contributed by atoms with Gasteiger partial charge < -0.3 is 0 Å². The number of rotatable bonds is 1. The number of nitrogens with zero attached hydrogens (tertiary/aromatic N) is 1. The van der Waals surface area contributed by atoms with E-state index in [9.17, 15) is 13.2 Å². The minimum atomic E-state index is -4.35. The molecule has 0 bridgehead atoms. The first-order valence-electron chi connectivity index (χ1n) is 3.26. The normalized spacial score (nSPS) is 12.1. The van der Waals surface area contributed by atoms with Crippen molar-refractivity contribution in [2.45, 2.75) is 19.5 Å². The van der Waals surface area contributed by atoms with Gasteiger partial charge in [0.2, 0.25) is 0 Å². The Kier molecular flexibility index (Phi) is 2.64. The Morgan fingerprint density at radius 3 is 2.33 bits per heavy atom. The maximum absolute atomic E-state index is 12.1. The molecule has 0 aliphatic carbocycles. The van der Waals surface area contributed by atoms with Crippen LogP contribution < -0.4 is 0 Å². The Morgan fingerprint density at radius 2 is 2.08 bits per heavy atom. The molecule has 0 atom stereocenters. The Balaban J connectivity index is 3.11. The molecule has 1 heterocycles. The largest absolute Gasteiger partial charge is 0.436 e. The van der Waals surface area contributed by atoms with E-state index in [1.54, 1.807) is 29.5 Å². The molecule has 1 rings (SSSR count). The fourth-order valence-electron chi connectivity index (χ4n) is 0.787. The first-order chi connectivity index (χ1) is 5.46. The Labute approximate surface area is 80.7 Å². The number of aromatic nitrogens is 2. The second-order valence-corrected chi connectivity index (χ2v) is 3.29. The number of aryl methyl sites for hydroxylation is 1. The van der Waals surface area contributed by atoms with Crippen LogP contribution in [0.3, 0.4) is 0 Å². The fraction of sp³-hybridized carbons (Fsp3) is 0.500. The zero-order valence-electron chi connectivity index (χ0n) is 6.17. The SMILES string of the molecule is CCc1[nH]nc(C(F)(F)F)c1I. The van der Waals surface area contributed by atoms with E-state index in [-0.39, 0.29) is 3.57 Å². The summed E-state index contributed by atoms with van der Waals surface area (Å²) in [7, 11) is 0. The fourth-order valence-corrected chi connectivity index (χ4v) is 1.71. The third kappa shape index (κ3) is 1.73. The molecule has 0 unspecified atom stereocenters. The van der Waals surface area contributed by atoms with Crippen LogP contribution in [0.2, 0.25) is 0 Å². The molecule has 12 heavy (non-hydrogen) atoms. The Hall–Kier alpha value is -0.270. The van der Waals surface area contributed by atoms with E-state index in [4.69, 9.17) is 0 Å². The van der Waals surface area contributed by atoms with Crippen molar-refractivity contribution in [3.05, 3.63) is 15.0 Å². The summed E-state index contributed by atoms with van der Waals surface area (Å²) in [6.07, 6.45) is -3.82. The van der Waals surface area contributed by atoms with Gasteiger partial charge in [-0.15, -0.1) is 0 Å². The van der Waals surface area contributed by atoms with Gasteiger partial charge in [0.15, 0.2) is 5.69 Å². The van der Waals surface area contributed by atoms with E-state index in [0.29, 0.717) is 12.1 Å².